The molecule has 0 aromatic heterocycles. The number of hydrogen-bond acceptors (Lipinski definition) is 4. The maximum atomic E-state index is 11.6. The van der Waals surface area contributed by atoms with E-state index in [-0.39, 0.29) is 23.0 Å². The zero-order valence-electron chi connectivity index (χ0n) is 12.7. The van der Waals surface area contributed by atoms with Crippen molar-refractivity contribution in [2.45, 2.75) is 50.3 Å². The van der Waals surface area contributed by atoms with Crippen molar-refractivity contribution in [3.63, 3.8) is 0 Å². The minimum atomic E-state index is -4.23. The fourth-order valence-electron chi connectivity index (χ4n) is 1.81. The van der Waals surface area contributed by atoms with E-state index in [4.69, 9.17) is 9.29 Å². The summed E-state index contributed by atoms with van der Waals surface area (Å²) in [5.74, 6) is -0.123. The molecular weight excluding hydrogens is 304 g/mol. The summed E-state index contributed by atoms with van der Waals surface area (Å²) in [6.45, 7) is 2.15. The highest BCUT2D eigenvalue weighted by Crippen LogP contribution is 2.16. The molecule has 1 rings (SSSR count). The van der Waals surface area contributed by atoms with Crippen molar-refractivity contribution in [1.82, 2.24) is 0 Å². The van der Waals surface area contributed by atoms with Crippen molar-refractivity contribution in [2.24, 2.45) is 0 Å². The smallest absolute Gasteiger partial charge is 0.311 e. The van der Waals surface area contributed by atoms with Gasteiger partial charge >= 0.3 is 5.97 Å². The highest BCUT2D eigenvalue weighted by atomic mass is 32.2. The van der Waals surface area contributed by atoms with Crippen molar-refractivity contribution in [2.75, 3.05) is 0 Å². The summed E-state index contributed by atoms with van der Waals surface area (Å²) in [6.07, 6.45) is 9.53. The summed E-state index contributed by atoms with van der Waals surface area (Å²) in [5, 5.41) is 0. The van der Waals surface area contributed by atoms with Crippen LogP contribution in [0.4, 0.5) is 0 Å². The Kier molecular flexibility index (Phi) is 7.84. The number of allylic oxidation sites excluding steroid dienone is 2. The van der Waals surface area contributed by atoms with Crippen LogP contribution in [-0.4, -0.2) is 18.9 Å². The normalized spacial score (nSPS) is 11.7. The van der Waals surface area contributed by atoms with Crippen LogP contribution in [0.25, 0.3) is 0 Å². The van der Waals surface area contributed by atoms with Gasteiger partial charge in [-0.1, -0.05) is 31.9 Å². The van der Waals surface area contributed by atoms with Gasteiger partial charge in [-0.2, -0.15) is 8.42 Å². The van der Waals surface area contributed by atoms with Crippen LogP contribution in [0.3, 0.4) is 0 Å². The second-order valence-corrected chi connectivity index (χ2v) is 6.35. The van der Waals surface area contributed by atoms with Crippen LogP contribution in [0.5, 0.6) is 5.75 Å². The molecule has 0 radical (unpaired) electrons. The van der Waals surface area contributed by atoms with Gasteiger partial charge < -0.3 is 4.74 Å². The topological polar surface area (TPSA) is 80.7 Å². The Morgan fingerprint density at radius 1 is 1.14 bits per heavy atom. The fourth-order valence-corrected chi connectivity index (χ4v) is 2.29. The van der Waals surface area contributed by atoms with E-state index >= 15 is 0 Å². The molecule has 1 aromatic rings. The molecule has 0 amide bonds. The average Bonchev–Trinajstić information content (AvgIpc) is 2.46. The molecule has 0 spiro atoms. The fraction of sp³-hybridized carbons (Fsp3) is 0.438. The largest absolute Gasteiger partial charge is 0.427 e. The molecule has 0 fully saturated rings. The molecule has 122 valence electrons. The molecule has 5 nitrogen and oxygen atoms in total. The maximum Gasteiger partial charge on any atom is 0.311 e. The summed E-state index contributed by atoms with van der Waals surface area (Å²) < 4.78 is 35.7. The van der Waals surface area contributed by atoms with Crippen molar-refractivity contribution in [3.05, 3.63) is 36.4 Å². The third-order valence-corrected chi connectivity index (χ3v) is 3.88. The first-order valence-electron chi connectivity index (χ1n) is 7.36. The molecule has 0 saturated carbocycles. The van der Waals surface area contributed by atoms with Crippen LogP contribution < -0.4 is 4.74 Å². The minimum absolute atomic E-state index is 0.234. The molecule has 0 aliphatic rings. The molecule has 0 atom stereocenters. The predicted molar refractivity (Wildman–Crippen MR) is 84.4 cm³/mol. The van der Waals surface area contributed by atoms with Gasteiger partial charge in [0.15, 0.2) is 0 Å². The van der Waals surface area contributed by atoms with Crippen LogP contribution in [0.1, 0.15) is 45.4 Å². The molecule has 0 saturated heterocycles. The van der Waals surface area contributed by atoms with Gasteiger partial charge in [-0.3, -0.25) is 9.35 Å². The van der Waals surface area contributed by atoms with Gasteiger partial charge in [0.25, 0.3) is 10.1 Å². The Morgan fingerprint density at radius 3 is 2.36 bits per heavy atom. The summed E-state index contributed by atoms with van der Waals surface area (Å²) in [4.78, 5) is 11.4. The number of unbranched alkanes of at least 4 members (excludes halogenated alkanes) is 3. The lowest BCUT2D eigenvalue weighted by atomic mass is 10.2. The van der Waals surface area contributed by atoms with E-state index < -0.39 is 10.1 Å². The average molecular weight is 326 g/mol. The summed E-state index contributed by atoms with van der Waals surface area (Å²) >= 11 is 0. The zero-order valence-corrected chi connectivity index (χ0v) is 13.5. The third kappa shape index (κ3) is 7.38. The van der Waals surface area contributed by atoms with Crippen LogP contribution in [0.2, 0.25) is 0 Å². The molecule has 0 aliphatic carbocycles. The number of hydrogen-bond donors (Lipinski definition) is 1. The summed E-state index contributed by atoms with van der Waals surface area (Å²) in [7, 11) is -4.23. The van der Waals surface area contributed by atoms with Gasteiger partial charge in [0.2, 0.25) is 0 Å². The molecular formula is C16H22O5S. The number of ether oxygens (including phenoxy) is 1. The standard InChI is InChI=1S/C16H22O5S/c1-2-3-4-5-6-7-8-9-16(17)21-14-10-12-15(13-11-14)22(18,19)20/h6-7,10-13H,2-5,8-9H2,1H3,(H,18,19,20). The first-order valence-corrected chi connectivity index (χ1v) is 8.80. The Balaban J connectivity index is 2.33. The van der Waals surface area contributed by atoms with Crippen LogP contribution >= 0.6 is 0 Å². The Bertz CT molecular complexity index is 587. The SMILES string of the molecule is CCCCCC=CCCC(=O)Oc1ccc(S(=O)(=O)O)cc1. The molecule has 0 unspecified atom stereocenters. The summed E-state index contributed by atoms with van der Waals surface area (Å²) in [6, 6.07) is 5.04. The van der Waals surface area contributed by atoms with Gasteiger partial charge in [-0.25, -0.2) is 0 Å². The van der Waals surface area contributed by atoms with E-state index in [1.54, 1.807) is 0 Å². The monoisotopic (exact) mass is 326 g/mol. The number of benzene rings is 1. The molecule has 6 heteroatoms. The van der Waals surface area contributed by atoms with E-state index in [0.29, 0.717) is 6.42 Å². The zero-order chi connectivity index (χ0) is 16.4. The van der Waals surface area contributed by atoms with Gasteiger partial charge in [0.05, 0.1) is 4.90 Å². The van der Waals surface area contributed by atoms with E-state index in [2.05, 4.69) is 13.0 Å². The van der Waals surface area contributed by atoms with Crippen molar-refractivity contribution < 1.29 is 22.5 Å². The highest BCUT2D eigenvalue weighted by molar-refractivity contribution is 7.85. The Hall–Kier alpha value is -1.66. The first kappa shape index (κ1) is 18.4. The predicted octanol–water partition coefficient (Wildman–Crippen LogP) is 3.76. The molecule has 0 bridgehead atoms. The molecule has 0 heterocycles. The second kappa shape index (κ2) is 9.38. The minimum Gasteiger partial charge on any atom is -0.427 e. The van der Waals surface area contributed by atoms with E-state index in [1.165, 1.54) is 37.1 Å². The lowest BCUT2D eigenvalue weighted by molar-refractivity contribution is -0.134. The van der Waals surface area contributed by atoms with Gasteiger partial charge in [-0.05, 0) is 43.5 Å². The number of carbonyl (C=O) groups is 1. The maximum absolute atomic E-state index is 11.6. The van der Waals surface area contributed by atoms with E-state index in [0.717, 1.165) is 12.8 Å². The van der Waals surface area contributed by atoms with Crippen molar-refractivity contribution >= 4 is 16.1 Å². The molecule has 22 heavy (non-hydrogen) atoms. The lowest BCUT2D eigenvalue weighted by Gasteiger charge is -2.04. The summed E-state index contributed by atoms with van der Waals surface area (Å²) in [5.41, 5.74) is 0. The van der Waals surface area contributed by atoms with Gasteiger partial charge in [0.1, 0.15) is 5.75 Å². The second-order valence-electron chi connectivity index (χ2n) is 4.93. The van der Waals surface area contributed by atoms with E-state index in [1.807, 2.05) is 6.08 Å². The first-order chi connectivity index (χ1) is 10.4. The lowest BCUT2D eigenvalue weighted by Crippen LogP contribution is -2.07. The Morgan fingerprint density at radius 2 is 1.77 bits per heavy atom. The van der Waals surface area contributed by atoms with Crippen LogP contribution in [0, 0.1) is 0 Å². The van der Waals surface area contributed by atoms with Crippen molar-refractivity contribution in [1.29, 1.82) is 0 Å². The third-order valence-electron chi connectivity index (χ3n) is 3.01. The van der Waals surface area contributed by atoms with E-state index in [9.17, 15) is 13.2 Å². The molecule has 1 aromatic carbocycles. The number of carbonyl (C=O) groups excluding carboxylic acids is 1. The van der Waals surface area contributed by atoms with Crippen molar-refractivity contribution in [3.8, 4) is 5.75 Å². The van der Waals surface area contributed by atoms with Crippen LogP contribution in [0.15, 0.2) is 41.3 Å². The quantitative estimate of drug-likeness (QED) is 0.246. The Labute approximate surface area is 131 Å². The number of rotatable bonds is 9. The van der Waals surface area contributed by atoms with Gasteiger partial charge in [0, 0.05) is 6.42 Å². The molecule has 1 N–H and O–H groups in total. The molecule has 0 aliphatic heterocycles. The highest BCUT2D eigenvalue weighted by Gasteiger charge is 2.10. The van der Waals surface area contributed by atoms with Crippen LogP contribution in [-0.2, 0) is 14.9 Å². The number of esters is 1. The van der Waals surface area contributed by atoms with Gasteiger partial charge in [-0.15, -0.1) is 0 Å².